The van der Waals surface area contributed by atoms with E-state index in [-0.39, 0.29) is 12.5 Å². The number of carbonyl (C=O) groups is 1. The number of hydrogen-bond acceptors (Lipinski definition) is 4. The minimum absolute atomic E-state index is 0.0997. The van der Waals surface area contributed by atoms with Crippen LogP contribution in [-0.4, -0.2) is 32.3 Å². The van der Waals surface area contributed by atoms with Gasteiger partial charge in [-0.1, -0.05) is 18.1 Å². The molecule has 2 heterocycles. The molecular weight excluding hydrogens is 278 g/mol. The molecular formula is C16H13N5O. The van der Waals surface area contributed by atoms with Gasteiger partial charge in [-0.15, -0.1) is 16.6 Å². The molecule has 0 aliphatic heterocycles. The Hall–Kier alpha value is -3.20. The highest BCUT2D eigenvalue weighted by Crippen LogP contribution is 2.23. The molecule has 0 N–H and O–H groups in total. The summed E-state index contributed by atoms with van der Waals surface area (Å²) in [5.74, 6) is 2.40. The van der Waals surface area contributed by atoms with Crippen LogP contribution in [0.5, 0.6) is 0 Å². The van der Waals surface area contributed by atoms with Gasteiger partial charge in [0, 0.05) is 18.2 Å². The maximum Gasteiger partial charge on any atom is 0.224 e. The largest absolute Gasteiger partial charge is 0.301 e. The van der Waals surface area contributed by atoms with E-state index in [2.05, 4.69) is 21.2 Å². The fraction of sp³-hybridized carbons (Fsp3) is 0.125. The number of amides is 1. The molecule has 0 saturated heterocycles. The Bertz CT molecular complexity index is 877. The summed E-state index contributed by atoms with van der Waals surface area (Å²) >= 11 is 0. The van der Waals surface area contributed by atoms with Crippen LogP contribution < -0.4 is 4.90 Å². The Morgan fingerprint density at radius 1 is 1.36 bits per heavy atom. The van der Waals surface area contributed by atoms with Gasteiger partial charge in [0.2, 0.25) is 5.91 Å². The lowest BCUT2D eigenvalue weighted by atomic mass is 10.1. The predicted molar refractivity (Wildman–Crippen MR) is 83.1 cm³/mol. The van der Waals surface area contributed by atoms with E-state index in [1.54, 1.807) is 15.7 Å². The van der Waals surface area contributed by atoms with Crippen LogP contribution in [0.15, 0.2) is 42.7 Å². The molecule has 108 valence electrons. The number of terminal acetylenes is 1. The fourth-order valence-corrected chi connectivity index (χ4v) is 2.19. The predicted octanol–water partition coefficient (Wildman–Crippen LogP) is 1.78. The van der Waals surface area contributed by atoms with Crippen LogP contribution in [0.3, 0.4) is 0 Å². The minimum Gasteiger partial charge on any atom is -0.301 e. The van der Waals surface area contributed by atoms with Gasteiger partial charge in [0.05, 0.1) is 12.2 Å². The summed E-state index contributed by atoms with van der Waals surface area (Å²) in [6.07, 6.45) is 6.88. The van der Waals surface area contributed by atoms with Crippen molar-refractivity contribution in [3.05, 3.63) is 42.7 Å². The first-order chi connectivity index (χ1) is 10.7. The molecule has 3 aromatic rings. The van der Waals surface area contributed by atoms with Crippen LogP contribution in [0.2, 0.25) is 0 Å². The third kappa shape index (κ3) is 2.52. The molecule has 0 atom stereocenters. The Balaban J connectivity index is 2.03. The van der Waals surface area contributed by atoms with Crippen molar-refractivity contribution in [1.29, 1.82) is 0 Å². The number of carbonyl (C=O) groups excluding carboxylic acids is 1. The van der Waals surface area contributed by atoms with Gasteiger partial charge in [-0.2, -0.15) is 9.61 Å². The van der Waals surface area contributed by atoms with Crippen molar-refractivity contribution < 1.29 is 4.79 Å². The average Bonchev–Trinajstić information content (AvgIpc) is 3.00. The number of nitrogens with zero attached hydrogens (tertiary/aromatic N) is 5. The quantitative estimate of drug-likeness (QED) is 0.690. The van der Waals surface area contributed by atoms with Crippen LogP contribution in [0.4, 0.5) is 5.69 Å². The zero-order valence-corrected chi connectivity index (χ0v) is 12.0. The van der Waals surface area contributed by atoms with Gasteiger partial charge >= 0.3 is 0 Å². The monoisotopic (exact) mass is 291 g/mol. The molecule has 1 amide bonds. The minimum atomic E-state index is -0.0997. The Kier molecular flexibility index (Phi) is 3.54. The first-order valence-electron chi connectivity index (χ1n) is 6.68. The molecule has 1 aromatic carbocycles. The van der Waals surface area contributed by atoms with E-state index in [4.69, 9.17) is 6.42 Å². The van der Waals surface area contributed by atoms with Gasteiger partial charge in [0.15, 0.2) is 5.65 Å². The van der Waals surface area contributed by atoms with Crippen molar-refractivity contribution in [3.8, 4) is 23.6 Å². The Labute approximate surface area is 127 Å². The summed E-state index contributed by atoms with van der Waals surface area (Å²) in [5, 5.41) is 12.2. The molecule has 0 bridgehead atoms. The molecule has 0 unspecified atom stereocenters. The number of anilines is 1. The molecule has 0 fully saturated rings. The highest BCUT2D eigenvalue weighted by molar-refractivity contribution is 5.92. The summed E-state index contributed by atoms with van der Waals surface area (Å²) < 4.78 is 1.60. The third-order valence-electron chi connectivity index (χ3n) is 3.24. The lowest BCUT2D eigenvalue weighted by Crippen LogP contribution is -2.28. The zero-order valence-electron chi connectivity index (χ0n) is 12.0. The smallest absolute Gasteiger partial charge is 0.224 e. The number of hydrogen-bond donors (Lipinski definition) is 0. The normalized spacial score (nSPS) is 10.4. The summed E-state index contributed by atoms with van der Waals surface area (Å²) in [7, 11) is 0. The number of rotatable bonds is 3. The van der Waals surface area contributed by atoms with Gasteiger partial charge in [-0.25, -0.2) is 0 Å². The van der Waals surface area contributed by atoms with Crippen molar-refractivity contribution in [1.82, 2.24) is 19.8 Å². The molecule has 0 aliphatic rings. The van der Waals surface area contributed by atoms with Crippen LogP contribution in [0.25, 0.3) is 16.9 Å². The molecule has 6 heteroatoms. The van der Waals surface area contributed by atoms with Crippen molar-refractivity contribution in [2.75, 3.05) is 11.4 Å². The summed E-state index contributed by atoms with van der Waals surface area (Å²) in [4.78, 5) is 13.3. The van der Waals surface area contributed by atoms with Crippen molar-refractivity contribution >= 4 is 17.2 Å². The average molecular weight is 291 g/mol. The van der Waals surface area contributed by atoms with Crippen molar-refractivity contribution in [2.24, 2.45) is 0 Å². The van der Waals surface area contributed by atoms with E-state index < -0.39 is 0 Å². The molecule has 0 radical (unpaired) electrons. The molecule has 0 aliphatic carbocycles. The van der Waals surface area contributed by atoms with Crippen molar-refractivity contribution in [3.63, 3.8) is 0 Å². The highest BCUT2D eigenvalue weighted by Gasteiger charge is 2.11. The van der Waals surface area contributed by atoms with Crippen LogP contribution in [-0.2, 0) is 4.79 Å². The van der Waals surface area contributed by atoms with Crippen LogP contribution in [0, 0.1) is 12.3 Å². The first kappa shape index (κ1) is 13.8. The number of aromatic nitrogens is 4. The van der Waals surface area contributed by atoms with E-state index in [9.17, 15) is 4.79 Å². The summed E-state index contributed by atoms with van der Waals surface area (Å²) in [6.45, 7) is 1.72. The summed E-state index contributed by atoms with van der Waals surface area (Å²) in [6, 6.07) is 11.2. The SMILES string of the molecule is C#CCN(C(C)=O)c1cccc(-c2ccc3nncn3n2)c1. The van der Waals surface area contributed by atoms with E-state index in [1.807, 2.05) is 36.4 Å². The Morgan fingerprint density at radius 2 is 2.23 bits per heavy atom. The third-order valence-corrected chi connectivity index (χ3v) is 3.24. The van der Waals surface area contributed by atoms with E-state index in [0.29, 0.717) is 5.65 Å². The highest BCUT2D eigenvalue weighted by atomic mass is 16.2. The molecule has 2 aromatic heterocycles. The molecule has 6 nitrogen and oxygen atoms in total. The number of benzene rings is 1. The van der Waals surface area contributed by atoms with E-state index >= 15 is 0 Å². The van der Waals surface area contributed by atoms with Crippen molar-refractivity contribution in [2.45, 2.75) is 6.92 Å². The Morgan fingerprint density at radius 3 is 3.00 bits per heavy atom. The van der Waals surface area contributed by atoms with E-state index in [1.165, 1.54) is 6.92 Å². The maximum atomic E-state index is 11.7. The second kappa shape index (κ2) is 5.66. The second-order valence-electron chi connectivity index (χ2n) is 4.71. The molecule has 22 heavy (non-hydrogen) atoms. The van der Waals surface area contributed by atoms with Gasteiger partial charge in [0.25, 0.3) is 0 Å². The first-order valence-corrected chi connectivity index (χ1v) is 6.68. The zero-order chi connectivity index (χ0) is 15.5. The molecule has 3 rings (SSSR count). The van der Waals surface area contributed by atoms with Gasteiger partial charge in [-0.05, 0) is 24.3 Å². The number of fused-ring (bicyclic) bond motifs is 1. The maximum absolute atomic E-state index is 11.7. The molecule has 0 spiro atoms. The van der Waals surface area contributed by atoms with Crippen LogP contribution in [0.1, 0.15) is 6.92 Å². The topological polar surface area (TPSA) is 63.4 Å². The standard InChI is InChI=1S/C16H13N5O/c1-3-9-20(12(2)22)14-6-4-5-13(10-14)15-7-8-16-18-17-11-21(16)19-15/h1,4-8,10-11H,9H2,2H3. The molecule has 0 saturated carbocycles. The van der Waals surface area contributed by atoms with Gasteiger partial charge in [-0.3, -0.25) is 4.79 Å². The second-order valence-corrected chi connectivity index (χ2v) is 4.71. The fourth-order valence-electron chi connectivity index (χ4n) is 2.19. The lowest BCUT2D eigenvalue weighted by Gasteiger charge is -2.19. The lowest BCUT2D eigenvalue weighted by molar-refractivity contribution is -0.116. The van der Waals surface area contributed by atoms with Gasteiger partial charge in [0.1, 0.15) is 6.33 Å². The van der Waals surface area contributed by atoms with E-state index in [0.717, 1.165) is 16.9 Å². The summed E-state index contributed by atoms with van der Waals surface area (Å²) in [5.41, 5.74) is 3.07. The van der Waals surface area contributed by atoms with Gasteiger partial charge < -0.3 is 4.90 Å². The van der Waals surface area contributed by atoms with Crippen LogP contribution >= 0.6 is 0 Å².